The summed E-state index contributed by atoms with van der Waals surface area (Å²) in [5, 5.41) is 0. The summed E-state index contributed by atoms with van der Waals surface area (Å²) in [4.78, 5) is 14.1. The fraction of sp³-hybridized carbons (Fsp3) is 0.188. The normalized spacial score (nSPS) is 10.1. The van der Waals surface area contributed by atoms with Crippen LogP contribution in [0.1, 0.15) is 15.9 Å². The quantitative estimate of drug-likeness (QED) is 0.869. The van der Waals surface area contributed by atoms with Gasteiger partial charge in [0.1, 0.15) is 5.75 Å². The molecule has 0 heterocycles. The summed E-state index contributed by atoms with van der Waals surface area (Å²) in [5.41, 5.74) is 7.99. The number of carbonyl (C=O) groups excluding carboxylic acids is 1. The summed E-state index contributed by atoms with van der Waals surface area (Å²) in [6.07, 6.45) is 0. The molecule has 0 bridgehead atoms. The Labute approximate surface area is 118 Å². The number of hydrogen-bond acceptors (Lipinski definition) is 3. The number of ether oxygens (including phenoxy) is 1. The number of hydrogen-bond donors (Lipinski definition) is 1. The number of rotatable bonds is 4. The summed E-state index contributed by atoms with van der Waals surface area (Å²) < 4.78 is 5.22. The minimum Gasteiger partial charge on any atom is -0.496 e. The highest BCUT2D eigenvalue weighted by Gasteiger charge is 2.16. The molecule has 0 atom stereocenters. The Kier molecular flexibility index (Phi) is 4.25. The molecule has 0 radical (unpaired) electrons. The van der Waals surface area contributed by atoms with Gasteiger partial charge in [-0.05, 0) is 29.8 Å². The van der Waals surface area contributed by atoms with E-state index in [1.54, 1.807) is 31.2 Å². The van der Waals surface area contributed by atoms with Gasteiger partial charge < -0.3 is 15.4 Å². The molecule has 0 saturated carbocycles. The number of benzene rings is 2. The van der Waals surface area contributed by atoms with E-state index in [2.05, 4.69) is 0 Å². The predicted octanol–water partition coefficient (Wildman–Crippen LogP) is 2.55. The van der Waals surface area contributed by atoms with Crippen molar-refractivity contribution in [1.82, 2.24) is 4.90 Å². The topological polar surface area (TPSA) is 55.6 Å². The van der Waals surface area contributed by atoms with E-state index in [-0.39, 0.29) is 5.91 Å². The summed E-state index contributed by atoms with van der Waals surface area (Å²) in [5.74, 6) is 0.502. The molecule has 0 aromatic heterocycles. The van der Waals surface area contributed by atoms with E-state index < -0.39 is 0 Å². The summed E-state index contributed by atoms with van der Waals surface area (Å²) >= 11 is 0. The van der Waals surface area contributed by atoms with E-state index in [0.717, 1.165) is 5.56 Å². The molecular formula is C16H18N2O2. The molecule has 2 aromatic carbocycles. The number of para-hydroxylation sites is 1. The smallest absolute Gasteiger partial charge is 0.257 e. The zero-order valence-corrected chi connectivity index (χ0v) is 11.7. The van der Waals surface area contributed by atoms with Gasteiger partial charge in [0.15, 0.2) is 0 Å². The minimum absolute atomic E-state index is 0.0788. The van der Waals surface area contributed by atoms with Crippen LogP contribution >= 0.6 is 0 Å². The van der Waals surface area contributed by atoms with Crippen LogP contribution in [0.2, 0.25) is 0 Å². The van der Waals surface area contributed by atoms with Crippen molar-refractivity contribution in [2.75, 3.05) is 19.9 Å². The first kappa shape index (κ1) is 13.9. The van der Waals surface area contributed by atoms with Gasteiger partial charge in [-0.1, -0.05) is 24.3 Å². The SMILES string of the molecule is COc1ccccc1C(=O)N(C)Cc1cccc(N)c1. The van der Waals surface area contributed by atoms with Gasteiger partial charge in [0.05, 0.1) is 12.7 Å². The summed E-state index contributed by atoms with van der Waals surface area (Å²) in [7, 11) is 3.32. The Hall–Kier alpha value is -2.49. The molecule has 0 aliphatic heterocycles. The molecule has 0 spiro atoms. The maximum Gasteiger partial charge on any atom is 0.257 e. The Morgan fingerprint density at radius 2 is 1.95 bits per heavy atom. The standard InChI is InChI=1S/C16H18N2O2/c1-18(11-12-6-5-7-13(17)10-12)16(19)14-8-3-4-9-15(14)20-2/h3-10H,11,17H2,1-2H3. The van der Waals surface area contributed by atoms with Crippen molar-refractivity contribution in [2.45, 2.75) is 6.54 Å². The average molecular weight is 270 g/mol. The lowest BCUT2D eigenvalue weighted by molar-refractivity contribution is 0.0781. The van der Waals surface area contributed by atoms with Gasteiger partial charge in [-0.25, -0.2) is 0 Å². The fourth-order valence-corrected chi connectivity index (χ4v) is 2.06. The monoisotopic (exact) mass is 270 g/mol. The number of methoxy groups -OCH3 is 1. The second-order valence-electron chi connectivity index (χ2n) is 4.61. The molecule has 4 heteroatoms. The van der Waals surface area contributed by atoms with Gasteiger partial charge in [-0.2, -0.15) is 0 Å². The van der Waals surface area contributed by atoms with E-state index in [0.29, 0.717) is 23.5 Å². The van der Waals surface area contributed by atoms with Crippen molar-refractivity contribution >= 4 is 11.6 Å². The van der Waals surface area contributed by atoms with Crippen molar-refractivity contribution < 1.29 is 9.53 Å². The van der Waals surface area contributed by atoms with Crippen LogP contribution in [-0.4, -0.2) is 25.0 Å². The van der Waals surface area contributed by atoms with Crippen molar-refractivity contribution in [3.05, 3.63) is 59.7 Å². The van der Waals surface area contributed by atoms with Crippen LogP contribution in [0.15, 0.2) is 48.5 Å². The van der Waals surface area contributed by atoms with Crippen LogP contribution in [0.5, 0.6) is 5.75 Å². The van der Waals surface area contributed by atoms with Gasteiger partial charge in [0.2, 0.25) is 0 Å². The fourth-order valence-electron chi connectivity index (χ4n) is 2.06. The van der Waals surface area contributed by atoms with Crippen molar-refractivity contribution in [3.8, 4) is 5.75 Å². The van der Waals surface area contributed by atoms with Gasteiger partial charge in [-0.15, -0.1) is 0 Å². The van der Waals surface area contributed by atoms with Crippen LogP contribution in [0.4, 0.5) is 5.69 Å². The van der Waals surface area contributed by atoms with Gasteiger partial charge in [0.25, 0.3) is 5.91 Å². The molecule has 2 N–H and O–H groups in total. The molecule has 2 aromatic rings. The summed E-state index contributed by atoms with van der Waals surface area (Å²) in [6, 6.07) is 14.7. The highest BCUT2D eigenvalue weighted by atomic mass is 16.5. The van der Waals surface area contributed by atoms with Gasteiger partial charge >= 0.3 is 0 Å². The third-order valence-electron chi connectivity index (χ3n) is 3.05. The highest BCUT2D eigenvalue weighted by molar-refractivity contribution is 5.96. The molecule has 0 aliphatic carbocycles. The van der Waals surface area contributed by atoms with Crippen LogP contribution in [0, 0.1) is 0 Å². The Balaban J connectivity index is 2.16. The second-order valence-corrected chi connectivity index (χ2v) is 4.61. The largest absolute Gasteiger partial charge is 0.496 e. The first-order chi connectivity index (χ1) is 9.61. The number of amides is 1. The first-order valence-corrected chi connectivity index (χ1v) is 6.34. The van der Waals surface area contributed by atoms with E-state index in [1.807, 2.05) is 36.4 Å². The molecule has 1 amide bonds. The van der Waals surface area contributed by atoms with Crippen LogP contribution < -0.4 is 10.5 Å². The number of anilines is 1. The van der Waals surface area contributed by atoms with E-state index in [1.165, 1.54) is 0 Å². The lowest BCUT2D eigenvalue weighted by Crippen LogP contribution is -2.26. The second kappa shape index (κ2) is 6.10. The molecule has 104 valence electrons. The number of nitrogen functional groups attached to an aromatic ring is 1. The minimum atomic E-state index is -0.0788. The molecule has 0 unspecified atom stereocenters. The molecule has 0 saturated heterocycles. The molecular weight excluding hydrogens is 252 g/mol. The predicted molar refractivity (Wildman–Crippen MR) is 79.6 cm³/mol. The van der Waals surface area contributed by atoms with Crippen molar-refractivity contribution in [1.29, 1.82) is 0 Å². The van der Waals surface area contributed by atoms with E-state index in [9.17, 15) is 4.79 Å². The number of nitrogens with two attached hydrogens (primary N) is 1. The zero-order valence-electron chi connectivity index (χ0n) is 11.7. The first-order valence-electron chi connectivity index (χ1n) is 6.34. The molecule has 0 aliphatic rings. The van der Waals surface area contributed by atoms with Gasteiger partial charge in [0, 0.05) is 19.3 Å². The maximum atomic E-state index is 12.4. The van der Waals surface area contributed by atoms with Crippen LogP contribution in [-0.2, 0) is 6.54 Å². The average Bonchev–Trinajstić information content (AvgIpc) is 2.46. The third-order valence-corrected chi connectivity index (χ3v) is 3.05. The zero-order chi connectivity index (χ0) is 14.5. The van der Waals surface area contributed by atoms with Crippen molar-refractivity contribution in [2.24, 2.45) is 0 Å². The number of carbonyl (C=O) groups is 1. The Morgan fingerprint density at radius 1 is 1.20 bits per heavy atom. The van der Waals surface area contributed by atoms with Crippen LogP contribution in [0.25, 0.3) is 0 Å². The molecule has 4 nitrogen and oxygen atoms in total. The number of nitrogens with zero attached hydrogens (tertiary/aromatic N) is 1. The molecule has 20 heavy (non-hydrogen) atoms. The lowest BCUT2D eigenvalue weighted by atomic mass is 10.1. The molecule has 2 rings (SSSR count). The van der Waals surface area contributed by atoms with Crippen molar-refractivity contribution in [3.63, 3.8) is 0 Å². The Morgan fingerprint density at radius 3 is 2.65 bits per heavy atom. The maximum absolute atomic E-state index is 12.4. The third kappa shape index (κ3) is 3.09. The van der Waals surface area contributed by atoms with E-state index in [4.69, 9.17) is 10.5 Å². The highest BCUT2D eigenvalue weighted by Crippen LogP contribution is 2.20. The van der Waals surface area contributed by atoms with E-state index >= 15 is 0 Å². The van der Waals surface area contributed by atoms with Gasteiger partial charge in [-0.3, -0.25) is 4.79 Å². The molecule has 0 fully saturated rings. The van der Waals surface area contributed by atoms with Crippen LogP contribution in [0.3, 0.4) is 0 Å². The lowest BCUT2D eigenvalue weighted by Gasteiger charge is -2.19. The summed E-state index contributed by atoms with van der Waals surface area (Å²) in [6.45, 7) is 0.502. The Bertz CT molecular complexity index is 611.